The number of nitrogens with zero attached hydrogens (tertiary/aromatic N) is 5. The van der Waals surface area contributed by atoms with E-state index >= 15 is 0 Å². The highest BCUT2D eigenvalue weighted by atomic mass is 16.5. The maximum Gasteiger partial charge on any atom is 0.273 e. The summed E-state index contributed by atoms with van der Waals surface area (Å²) in [5.74, 6) is 0.254. The number of anilines is 4. The van der Waals surface area contributed by atoms with Crippen LogP contribution in [0.15, 0.2) is 42.7 Å². The fraction of sp³-hybridized carbons (Fsp3) is 0.240. The Morgan fingerprint density at radius 3 is 2.83 bits per heavy atom. The van der Waals surface area contributed by atoms with E-state index in [4.69, 9.17) is 13.6 Å². The minimum atomic E-state index is -2.71. The Bertz CT molecular complexity index is 1550. The second-order valence-electron chi connectivity index (χ2n) is 8.30. The SMILES string of the molecule is [2H]C([2H])([2H])NC(=O)c1nnc2cc1Nc1cc(cc(-c3ncn(C)n3)c1OC)COCc1cc(ccc1C)N2. The van der Waals surface area contributed by atoms with Crippen molar-refractivity contribution in [3.8, 4) is 17.1 Å². The van der Waals surface area contributed by atoms with Gasteiger partial charge >= 0.3 is 0 Å². The van der Waals surface area contributed by atoms with E-state index in [1.165, 1.54) is 7.11 Å². The molecule has 0 saturated carbocycles. The summed E-state index contributed by atoms with van der Waals surface area (Å²) in [5, 5.41) is 21.0. The van der Waals surface area contributed by atoms with Gasteiger partial charge < -0.3 is 25.4 Å². The topological polar surface area (TPSA) is 128 Å². The summed E-state index contributed by atoms with van der Waals surface area (Å²) in [7, 11) is 3.27. The number of fused-ring (bicyclic) bond motifs is 6. The van der Waals surface area contributed by atoms with Crippen LogP contribution in [0.1, 0.15) is 31.3 Å². The molecule has 0 unspecified atom stereocenters. The number of benzene rings is 2. The molecule has 3 N–H and O–H groups in total. The summed E-state index contributed by atoms with van der Waals surface area (Å²) in [6, 6.07) is 11.1. The lowest BCUT2D eigenvalue weighted by Crippen LogP contribution is -2.21. The third-order valence-corrected chi connectivity index (χ3v) is 5.73. The van der Waals surface area contributed by atoms with E-state index < -0.39 is 12.9 Å². The van der Waals surface area contributed by atoms with Crippen molar-refractivity contribution in [2.75, 3.05) is 24.7 Å². The molecule has 4 aromatic rings. The van der Waals surface area contributed by atoms with E-state index in [0.29, 0.717) is 35.2 Å². The summed E-state index contributed by atoms with van der Waals surface area (Å²) in [4.78, 5) is 17.3. The molecule has 36 heavy (non-hydrogen) atoms. The van der Waals surface area contributed by atoms with Gasteiger partial charge in [-0.15, -0.1) is 10.2 Å². The Kier molecular flexibility index (Phi) is 5.28. The number of amides is 1. The van der Waals surface area contributed by atoms with Gasteiger partial charge in [0.15, 0.2) is 23.1 Å². The van der Waals surface area contributed by atoms with Crippen LogP contribution in [0.2, 0.25) is 0 Å². The zero-order valence-corrected chi connectivity index (χ0v) is 19.9. The summed E-state index contributed by atoms with van der Waals surface area (Å²) in [5.41, 5.74) is 4.64. The normalized spacial score (nSPS) is 14.2. The van der Waals surface area contributed by atoms with Crippen LogP contribution >= 0.6 is 0 Å². The number of methoxy groups -OCH3 is 1. The van der Waals surface area contributed by atoms with E-state index in [1.54, 1.807) is 24.1 Å². The molecule has 11 nitrogen and oxygen atoms in total. The van der Waals surface area contributed by atoms with Crippen LogP contribution in [0.25, 0.3) is 11.4 Å². The molecule has 0 saturated heterocycles. The van der Waals surface area contributed by atoms with Crippen molar-refractivity contribution in [1.82, 2.24) is 30.3 Å². The molecule has 0 fully saturated rings. The summed E-state index contributed by atoms with van der Waals surface area (Å²) >= 11 is 0. The second-order valence-corrected chi connectivity index (χ2v) is 8.30. The second kappa shape index (κ2) is 9.62. The van der Waals surface area contributed by atoms with Crippen molar-refractivity contribution in [3.63, 3.8) is 0 Å². The highest BCUT2D eigenvalue weighted by Crippen LogP contribution is 2.39. The zero-order chi connectivity index (χ0) is 27.7. The smallest absolute Gasteiger partial charge is 0.273 e. The summed E-state index contributed by atoms with van der Waals surface area (Å²) < 4.78 is 35.8. The molecule has 0 spiro atoms. The average Bonchev–Trinajstić information content (AvgIpc) is 3.30. The quantitative estimate of drug-likeness (QED) is 0.396. The van der Waals surface area contributed by atoms with E-state index in [-0.39, 0.29) is 18.0 Å². The highest BCUT2D eigenvalue weighted by molar-refractivity contribution is 5.99. The number of nitrogens with one attached hydrogen (secondary N) is 3. The van der Waals surface area contributed by atoms with Crippen molar-refractivity contribution in [3.05, 3.63) is 65.1 Å². The van der Waals surface area contributed by atoms with Crippen molar-refractivity contribution in [2.45, 2.75) is 20.1 Å². The fourth-order valence-electron chi connectivity index (χ4n) is 3.97. The van der Waals surface area contributed by atoms with Gasteiger partial charge in [0.05, 0.1) is 37.3 Å². The van der Waals surface area contributed by atoms with E-state index in [0.717, 1.165) is 22.4 Å². The number of hydrogen-bond donors (Lipinski definition) is 3. The van der Waals surface area contributed by atoms with Gasteiger partial charge in [-0.25, -0.2) is 4.98 Å². The van der Waals surface area contributed by atoms with Gasteiger partial charge in [-0.2, -0.15) is 5.10 Å². The van der Waals surface area contributed by atoms with Gasteiger partial charge in [0.1, 0.15) is 6.33 Å². The van der Waals surface area contributed by atoms with E-state index in [1.807, 2.05) is 42.6 Å². The Balaban J connectivity index is 1.68. The summed E-state index contributed by atoms with van der Waals surface area (Å²) in [6.07, 6.45) is 1.58. The molecule has 0 atom stereocenters. The van der Waals surface area contributed by atoms with Gasteiger partial charge in [0.25, 0.3) is 5.91 Å². The number of rotatable bonds is 3. The number of ether oxygens (including phenoxy) is 2. The van der Waals surface area contributed by atoms with Crippen LogP contribution in [0.5, 0.6) is 5.75 Å². The van der Waals surface area contributed by atoms with Gasteiger partial charge in [0.2, 0.25) is 0 Å². The van der Waals surface area contributed by atoms with E-state index in [2.05, 4.69) is 30.9 Å². The lowest BCUT2D eigenvalue weighted by atomic mass is 10.1. The number of aromatic nitrogens is 5. The zero-order valence-electron chi connectivity index (χ0n) is 22.9. The van der Waals surface area contributed by atoms with Crippen LogP contribution in [-0.2, 0) is 25.0 Å². The molecule has 11 heteroatoms. The molecule has 0 aliphatic carbocycles. The lowest BCUT2D eigenvalue weighted by Gasteiger charge is -2.19. The molecule has 1 aliphatic rings. The lowest BCUT2D eigenvalue weighted by molar-refractivity contribution is 0.0958. The standard InChI is InChI=1S/C25H26N8O3/c1-14-5-6-17-9-16(14)12-36-11-15-7-18(24-27-13-33(3)32-24)23(35-4)20(8-15)29-19-10-21(28-17)30-31-22(19)25(34)26-2/h5-10,13,29H,11-12H2,1-4H3,(H,26,34)(H,28,30)/i2D3. The molecule has 2 aromatic carbocycles. The van der Waals surface area contributed by atoms with Gasteiger partial charge in [0, 0.05) is 29.9 Å². The predicted molar refractivity (Wildman–Crippen MR) is 135 cm³/mol. The van der Waals surface area contributed by atoms with Crippen molar-refractivity contribution >= 4 is 28.8 Å². The predicted octanol–water partition coefficient (Wildman–Crippen LogP) is 3.47. The first kappa shape index (κ1) is 19.8. The molecule has 2 aromatic heterocycles. The largest absolute Gasteiger partial charge is 0.494 e. The first-order chi connectivity index (χ1) is 18.6. The molecule has 1 aliphatic heterocycles. The van der Waals surface area contributed by atoms with Crippen molar-refractivity contribution in [1.29, 1.82) is 0 Å². The van der Waals surface area contributed by atoms with Crippen molar-refractivity contribution < 1.29 is 18.4 Å². The molecular weight excluding hydrogens is 460 g/mol. The molecule has 5 rings (SSSR count). The first-order valence-electron chi connectivity index (χ1n) is 12.6. The minimum Gasteiger partial charge on any atom is -0.494 e. The minimum absolute atomic E-state index is 0.204. The molecule has 3 heterocycles. The molecule has 184 valence electrons. The van der Waals surface area contributed by atoms with Gasteiger partial charge in [-0.1, -0.05) is 6.07 Å². The Labute approximate surface area is 212 Å². The van der Waals surface area contributed by atoms with Crippen LogP contribution < -0.4 is 20.7 Å². The maximum absolute atomic E-state index is 12.9. The molecule has 0 radical (unpaired) electrons. The first-order valence-corrected chi connectivity index (χ1v) is 11.1. The summed E-state index contributed by atoms with van der Waals surface area (Å²) in [6.45, 7) is -0.0720. The number of carbonyl (C=O) groups excluding carboxylic acids is 1. The van der Waals surface area contributed by atoms with Gasteiger partial charge in [-0.3, -0.25) is 9.48 Å². The Hall–Kier alpha value is -4.51. The molecule has 1 amide bonds. The fourth-order valence-corrected chi connectivity index (χ4v) is 3.97. The number of hydrogen-bond acceptors (Lipinski definition) is 9. The monoisotopic (exact) mass is 489 g/mol. The van der Waals surface area contributed by atoms with Crippen LogP contribution in [0.3, 0.4) is 0 Å². The van der Waals surface area contributed by atoms with Crippen LogP contribution in [-0.4, -0.2) is 45.0 Å². The third-order valence-electron chi connectivity index (χ3n) is 5.73. The van der Waals surface area contributed by atoms with E-state index in [9.17, 15) is 4.79 Å². The van der Waals surface area contributed by atoms with Crippen LogP contribution in [0, 0.1) is 6.92 Å². The number of aryl methyl sites for hydroxylation is 2. The molecular formula is C25H26N8O3. The Morgan fingerprint density at radius 1 is 1.17 bits per heavy atom. The average molecular weight is 490 g/mol. The number of carbonyl (C=O) groups is 1. The van der Waals surface area contributed by atoms with Crippen molar-refractivity contribution in [2.24, 2.45) is 7.05 Å². The Morgan fingerprint density at radius 2 is 2.06 bits per heavy atom. The molecule has 6 bridgehead atoms. The highest BCUT2D eigenvalue weighted by Gasteiger charge is 2.21. The van der Waals surface area contributed by atoms with Crippen LogP contribution in [0.4, 0.5) is 22.9 Å². The third kappa shape index (κ3) is 4.56. The van der Waals surface area contributed by atoms with Gasteiger partial charge in [-0.05, 0) is 47.9 Å². The maximum atomic E-state index is 12.9.